The number of methoxy groups -OCH3 is 4. The van der Waals surface area contributed by atoms with Crippen molar-refractivity contribution in [3.8, 4) is 23.0 Å². The Bertz CT molecular complexity index is 818. The maximum absolute atomic E-state index is 12.3. The van der Waals surface area contributed by atoms with Gasteiger partial charge in [0, 0.05) is 17.2 Å². The zero-order valence-electron chi connectivity index (χ0n) is 15.5. The van der Waals surface area contributed by atoms with Gasteiger partial charge in [-0.2, -0.15) is 5.10 Å². The van der Waals surface area contributed by atoms with Crippen LogP contribution in [0.4, 0.5) is 0 Å². The van der Waals surface area contributed by atoms with Crippen LogP contribution in [0.25, 0.3) is 0 Å². The van der Waals surface area contributed by atoms with E-state index in [1.165, 1.54) is 14.2 Å². The maximum Gasteiger partial charge on any atom is 0.271 e. The Labute approximate surface area is 152 Å². The van der Waals surface area contributed by atoms with Crippen LogP contribution in [0.5, 0.6) is 23.0 Å². The molecule has 1 amide bonds. The molecule has 2 aromatic carbocycles. The molecule has 0 aliphatic rings. The minimum Gasteiger partial charge on any atom is -0.497 e. The Morgan fingerprint density at radius 2 is 1.54 bits per heavy atom. The summed E-state index contributed by atoms with van der Waals surface area (Å²) < 4.78 is 20.9. The molecule has 26 heavy (non-hydrogen) atoms. The lowest BCUT2D eigenvalue weighted by Gasteiger charge is -2.11. The highest BCUT2D eigenvalue weighted by atomic mass is 16.5. The first-order chi connectivity index (χ1) is 12.5. The van der Waals surface area contributed by atoms with E-state index in [0.29, 0.717) is 34.3 Å². The van der Waals surface area contributed by atoms with Crippen LogP contribution in [0.15, 0.2) is 41.5 Å². The van der Waals surface area contributed by atoms with Crippen LogP contribution in [0, 0.1) is 0 Å². The molecule has 0 unspecified atom stereocenters. The number of amides is 1. The molecule has 0 radical (unpaired) electrons. The minimum absolute atomic E-state index is 0.363. The first-order valence-electron chi connectivity index (χ1n) is 7.83. The van der Waals surface area contributed by atoms with Gasteiger partial charge in [-0.25, -0.2) is 5.43 Å². The van der Waals surface area contributed by atoms with Crippen LogP contribution < -0.4 is 24.4 Å². The number of ether oxygens (including phenoxy) is 4. The first-order valence-corrected chi connectivity index (χ1v) is 7.83. The van der Waals surface area contributed by atoms with E-state index in [1.54, 1.807) is 51.5 Å². The van der Waals surface area contributed by atoms with Crippen molar-refractivity contribution in [3.05, 3.63) is 47.5 Å². The highest BCUT2D eigenvalue weighted by Gasteiger charge is 2.12. The summed E-state index contributed by atoms with van der Waals surface area (Å²) >= 11 is 0. The third kappa shape index (κ3) is 4.24. The first kappa shape index (κ1) is 19.1. The van der Waals surface area contributed by atoms with E-state index < -0.39 is 0 Å². The fraction of sp³-hybridized carbons (Fsp3) is 0.263. The second-order valence-electron chi connectivity index (χ2n) is 5.27. The highest BCUT2D eigenvalue weighted by molar-refractivity contribution is 6.03. The fourth-order valence-corrected chi connectivity index (χ4v) is 2.33. The van der Waals surface area contributed by atoms with Crippen molar-refractivity contribution in [1.82, 2.24) is 5.43 Å². The lowest BCUT2D eigenvalue weighted by molar-refractivity contribution is 0.0954. The van der Waals surface area contributed by atoms with Crippen LogP contribution in [-0.4, -0.2) is 40.1 Å². The molecule has 0 aromatic heterocycles. The largest absolute Gasteiger partial charge is 0.497 e. The van der Waals surface area contributed by atoms with E-state index in [2.05, 4.69) is 10.5 Å². The van der Waals surface area contributed by atoms with Crippen LogP contribution >= 0.6 is 0 Å². The number of hydrogen-bond acceptors (Lipinski definition) is 6. The van der Waals surface area contributed by atoms with E-state index >= 15 is 0 Å². The number of hydrazone groups is 1. The summed E-state index contributed by atoms with van der Waals surface area (Å²) in [6.07, 6.45) is 0. The van der Waals surface area contributed by atoms with Gasteiger partial charge in [-0.15, -0.1) is 0 Å². The van der Waals surface area contributed by atoms with Crippen molar-refractivity contribution in [3.63, 3.8) is 0 Å². The molecular formula is C19H22N2O5. The molecular weight excluding hydrogens is 336 g/mol. The summed E-state index contributed by atoms with van der Waals surface area (Å²) in [5.41, 5.74) is 4.28. The van der Waals surface area contributed by atoms with Crippen molar-refractivity contribution < 1.29 is 23.7 Å². The number of rotatable bonds is 7. The number of benzene rings is 2. The van der Waals surface area contributed by atoms with E-state index in [4.69, 9.17) is 18.9 Å². The quantitative estimate of drug-likeness (QED) is 0.608. The lowest BCUT2D eigenvalue weighted by Crippen LogP contribution is -2.19. The van der Waals surface area contributed by atoms with Crippen LogP contribution in [0.3, 0.4) is 0 Å². The summed E-state index contributed by atoms with van der Waals surface area (Å²) in [6, 6.07) is 10.3. The van der Waals surface area contributed by atoms with Gasteiger partial charge >= 0.3 is 0 Å². The smallest absolute Gasteiger partial charge is 0.271 e. The molecule has 0 saturated heterocycles. The number of nitrogens with zero attached hydrogens (tertiary/aromatic N) is 1. The van der Waals surface area contributed by atoms with Gasteiger partial charge in [-0.3, -0.25) is 4.79 Å². The van der Waals surface area contributed by atoms with Crippen molar-refractivity contribution in [2.24, 2.45) is 5.10 Å². The molecule has 7 heteroatoms. The molecule has 0 fully saturated rings. The monoisotopic (exact) mass is 358 g/mol. The van der Waals surface area contributed by atoms with E-state index in [9.17, 15) is 4.79 Å². The average Bonchev–Trinajstić information content (AvgIpc) is 2.70. The number of carbonyl (C=O) groups excluding carboxylic acids is 1. The molecule has 0 aliphatic heterocycles. The third-order valence-electron chi connectivity index (χ3n) is 3.77. The van der Waals surface area contributed by atoms with Crippen LogP contribution in [0.1, 0.15) is 22.8 Å². The Morgan fingerprint density at radius 3 is 2.15 bits per heavy atom. The average molecular weight is 358 g/mol. The zero-order chi connectivity index (χ0) is 19.1. The van der Waals surface area contributed by atoms with Crippen molar-refractivity contribution in [2.45, 2.75) is 6.92 Å². The molecule has 1 N–H and O–H groups in total. The highest BCUT2D eigenvalue weighted by Crippen LogP contribution is 2.27. The SMILES string of the molecule is COc1ccc(/C(C)=N\NC(=O)c2ccc(OC)c(OC)c2)c(OC)c1. The second kappa shape index (κ2) is 8.75. The van der Waals surface area contributed by atoms with Gasteiger partial charge in [0.1, 0.15) is 11.5 Å². The Hall–Kier alpha value is -3.22. The van der Waals surface area contributed by atoms with Gasteiger partial charge in [0.25, 0.3) is 5.91 Å². The summed E-state index contributed by atoms with van der Waals surface area (Å²) in [6.45, 7) is 1.78. The van der Waals surface area contributed by atoms with Crippen LogP contribution in [0.2, 0.25) is 0 Å². The van der Waals surface area contributed by atoms with Gasteiger partial charge in [-0.05, 0) is 37.3 Å². The van der Waals surface area contributed by atoms with Crippen LogP contribution in [-0.2, 0) is 0 Å². The third-order valence-corrected chi connectivity index (χ3v) is 3.77. The predicted octanol–water partition coefficient (Wildman–Crippen LogP) is 2.88. The fourth-order valence-electron chi connectivity index (χ4n) is 2.33. The van der Waals surface area contributed by atoms with Gasteiger partial charge in [-0.1, -0.05) is 0 Å². The van der Waals surface area contributed by atoms with Gasteiger partial charge in [0.05, 0.1) is 34.2 Å². The van der Waals surface area contributed by atoms with E-state index in [-0.39, 0.29) is 5.91 Å². The van der Waals surface area contributed by atoms with Gasteiger partial charge < -0.3 is 18.9 Å². The summed E-state index contributed by atoms with van der Waals surface area (Å²) in [4.78, 5) is 12.3. The minimum atomic E-state index is -0.363. The molecule has 2 aromatic rings. The lowest BCUT2D eigenvalue weighted by atomic mass is 10.1. The molecule has 0 bridgehead atoms. The summed E-state index contributed by atoms with van der Waals surface area (Å²) in [5, 5.41) is 4.16. The van der Waals surface area contributed by atoms with E-state index in [1.807, 2.05) is 6.07 Å². The summed E-state index contributed by atoms with van der Waals surface area (Å²) in [5.74, 6) is 1.93. The molecule has 0 aliphatic carbocycles. The van der Waals surface area contributed by atoms with E-state index in [0.717, 1.165) is 5.56 Å². The van der Waals surface area contributed by atoms with Gasteiger partial charge in [0.2, 0.25) is 0 Å². The Morgan fingerprint density at radius 1 is 0.846 bits per heavy atom. The maximum atomic E-state index is 12.3. The van der Waals surface area contributed by atoms with Crippen molar-refractivity contribution in [1.29, 1.82) is 0 Å². The Kier molecular flexibility index (Phi) is 6.43. The number of nitrogens with one attached hydrogen (secondary N) is 1. The molecule has 2 rings (SSSR count). The molecule has 0 heterocycles. The van der Waals surface area contributed by atoms with Crippen molar-refractivity contribution >= 4 is 11.6 Å². The molecule has 7 nitrogen and oxygen atoms in total. The standard InChI is InChI=1S/C19H22N2O5/c1-12(15-8-7-14(23-2)11-17(15)25-4)20-21-19(22)13-6-9-16(24-3)18(10-13)26-5/h6-11H,1-5H3,(H,21,22)/b20-12-. The number of hydrogen-bond donors (Lipinski definition) is 1. The molecule has 0 spiro atoms. The molecule has 138 valence electrons. The normalized spacial score (nSPS) is 10.9. The van der Waals surface area contributed by atoms with Gasteiger partial charge in [0.15, 0.2) is 11.5 Å². The molecule has 0 saturated carbocycles. The zero-order valence-corrected chi connectivity index (χ0v) is 15.5. The summed E-state index contributed by atoms with van der Waals surface area (Å²) in [7, 11) is 6.19. The second-order valence-corrected chi connectivity index (χ2v) is 5.27. The topological polar surface area (TPSA) is 78.4 Å². The number of carbonyl (C=O) groups is 1. The van der Waals surface area contributed by atoms with Crippen molar-refractivity contribution in [2.75, 3.05) is 28.4 Å². The predicted molar refractivity (Wildman–Crippen MR) is 98.8 cm³/mol. The molecule has 0 atom stereocenters. The Balaban J connectivity index is 2.19.